The number of carbonyl (C=O) groups is 1. The van der Waals surface area contributed by atoms with Gasteiger partial charge in [-0.25, -0.2) is 4.98 Å². The van der Waals surface area contributed by atoms with Gasteiger partial charge in [0.2, 0.25) is 0 Å². The largest absolute Gasteiger partial charge is 0.497 e. The summed E-state index contributed by atoms with van der Waals surface area (Å²) in [6.45, 7) is -2.96. The first-order valence-electron chi connectivity index (χ1n) is 10.4. The lowest BCUT2D eigenvalue weighted by atomic mass is 10.1. The number of hydrogen-bond donors (Lipinski definition) is 0. The monoisotopic (exact) mass is 498 g/mol. The number of fused-ring (bicyclic) bond motifs is 1. The number of methoxy groups -OCH3 is 2. The van der Waals surface area contributed by atoms with Crippen LogP contribution in [0.5, 0.6) is 17.2 Å². The maximum absolute atomic E-state index is 13.3. The van der Waals surface area contributed by atoms with Crippen LogP contribution in [0.4, 0.5) is 8.78 Å². The fourth-order valence-electron chi connectivity index (χ4n) is 3.45. The van der Waals surface area contributed by atoms with Crippen molar-refractivity contribution in [1.82, 2.24) is 9.55 Å². The second-order valence-electron chi connectivity index (χ2n) is 7.20. The zero-order valence-corrected chi connectivity index (χ0v) is 19.6. The highest BCUT2D eigenvalue weighted by Gasteiger charge is 2.18. The Morgan fingerprint density at radius 1 is 1.00 bits per heavy atom. The zero-order chi connectivity index (χ0) is 24.9. The van der Waals surface area contributed by atoms with Crippen LogP contribution in [0.2, 0.25) is 0 Å². The van der Waals surface area contributed by atoms with Crippen molar-refractivity contribution in [2.24, 2.45) is 0 Å². The average Bonchev–Trinajstić information content (AvgIpc) is 2.87. The van der Waals surface area contributed by atoms with Crippen LogP contribution in [0.15, 0.2) is 76.7 Å². The van der Waals surface area contributed by atoms with E-state index in [-0.39, 0.29) is 28.0 Å². The number of ether oxygens (including phenoxy) is 3. The molecular formula is C25H20F2N2O5S. The number of rotatable bonds is 9. The van der Waals surface area contributed by atoms with Gasteiger partial charge in [-0.3, -0.25) is 14.2 Å². The SMILES string of the molecule is COc1ccc(C(=O)CSc2nc3ccccc3c(=O)n2-c2ccc(OC(F)F)cc2)c(OC)c1. The predicted octanol–water partition coefficient (Wildman–Crippen LogP) is 4.98. The molecule has 0 saturated heterocycles. The maximum atomic E-state index is 13.3. The number of benzene rings is 3. The topological polar surface area (TPSA) is 79.7 Å². The number of carbonyl (C=O) groups excluding carboxylic acids is 1. The van der Waals surface area contributed by atoms with E-state index in [1.807, 2.05) is 0 Å². The minimum atomic E-state index is -2.96. The molecule has 3 aromatic carbocycles. The lowest BCUT2D eigenvalue weighted by molar-refractivity contribution is -0.0498. The molecule has 10 heteroatoms. The first-order chi connectivity index (χ1) is 16.9. The van der Waals surface area contributed by atoms with E-state index in [1.54, 1.807) is 42.5 Å². The van der Waals surface area contributed by atoms with Crippen molar-refractivity contribution in [3.63, 3.8) is 0 Å². The summed E-state index contributed by atoms with van der Waals surface area (Å²) in [6, 6.07) is 17.4. The van der Waals surface area contributed by atoms with Gasteiger partial charge in [0.05, 0.1) is 42.1 Å². The fraction of sp³-hybridized carbons (Fsp3) is 0.160. The second-order valence-corrected chi connectivity index (χ2v) is 8.15. The molecule has 4 aromatic rings. The summed E-state index contributed by atoms with van der Waals surface area (Å²) in [4.78, 5) is 30.9. The molecule has 1 aromatic heterocycles. The highest BCUT2D eigenvalue weighted by atomic mass is 32.2. The van der Waals surface area contributed by atoms with Crippen molar-refractivity contribution in [2.45, 2.75) is 11.8 Å². The lowest BCUT2D eigenvalue weighted by Gasteiger charge is -2.14. The van der Waals surface area contributed by atoms with Crippen LogP contribution in [0.1, 0.15) is 10.4 Å². The van der Waals surface area contributed by atoms with Gasteiger partial charge in [-0.2, -0.15) is 8.78 Å². The summed E-state index contributed by atoms with van der Waals surface area (Å²) in [5, 5.41) is 0.657. The molecule has 7 nitrogen and oxygen atoms in total. The Hall–Kier alpha value is -3.92. The number of para-hydroxylation sites is 1. The minimum absolute atomic E-state index is 0.0277. The van der Waals surface area contributed by atoms with Gasteiger partial charge >= 0.3 is 6.61 Å². The lowest BCUT2D eigenvalue weighted by Crippen LogP contribution is -2.22. The number of hydrogen-bond acceptors (Lipinski definition) is 7. The van der Waals surface area contributed by atoms with E-state index in [0.29, 0.717) is 33.7 Å². The van der Waals surface area contributed by atoms with Crippen LogP contribution in [-0.2, 0) is 0 Å². The fourth-order valence-corrected chi connectivity index (χ4v) is 4.35. The molecule has 35 heavy (non-hydrogen) atoms. The number of nitrogens with zero attached hydrogens (tertiary/aromatic N) is 2. The van der Waals surface area contributed by atoms with Crippen LogP contribution < -0.4 is 19.8 Å². The minimum Gasteiger partial charge on any atom is -0.497 e. The van der Waals surface area contributed by atoms with Crippen LogP contribution in [-0.4, -0.2) is 41.9 Å². The molecule has 0 N–H and O–H groups in total. The number of ketones is 1. The highest BCUT2D eigenvalue weighted by Crippen LogP contribution is 2.28. The van der Waals surface area contributed by atoms with Crippen LogP contribution >= 0.6 is 11.8 Å². The molecule has 0 saturated carbocycles. The molecule has 0 amide bonds. The summed E-state index contributed by atoms with van der Waals surface area (Å²) < 4.78 is 41.3. The molecular weight excluding hydrogens is 478 g/mol. The van der Waals surface area contributed by atoms with Crippen molar-refractivity contribution in [3.8, 4) is 22.9 Å². The molecule has 0 aliphatic carbocycles. The smallest absolute Gasteiger partial charge is 0.387 e. The summed E-state index contributed by atoms with van der Waals surface area (Å²) in [7, 11) is 2.98. The van der Waals surface area contributed by atoms with Gasteiger partial charge in [-0.1, -0.05) is 23.9 Å². The maximum Gasteiger partial charge on any atom is 0.387 e. The van der Waals surface area contributed by atoms with E-state index in [2.05, 4.69) is 9.72 Å². The van der Waals surface area contributed by atoms with E-state index in [4.69, 9.17) is 9.47 Å². The van der Waals surface area contributed by atoms with Crippen LogP contribution in [0, 0.1) is 0 Å². The Bertz CT molecular complexity index is 1420. The Kier molecular flexibility index (Phi) is 7.31. The molecule has 180 valence electrons. The van der Waals surface area contributed by atoms with E-state index in [1.165, 1.54) is 43.1 Å². The molecule has 0 atom stereocenters. The van der Waals surface area contributed by atoms with Crippen molar-refractivity contribution < 1.29 is 27.8 Å². The van der Waals surface area contributed by atoms with Crippen molar-refractivity contribution in [2.75, 3.05) is 20.0 Å². The Balaban J connectivity index is 1.70. The van der Waals surface area contributed by atoms with Gasteiger partial charge in [-0.15, -0.1) is 0 Å². The number of thioether (sulfide) groups is 1. The second kappa shape index (κ2) is 10.6. The number of aromatic nitrogens is 2. The van der Waals surface area contributed by atoms with Gasteiger partial charge in [0, 0.05) is 6.07 Å². The Morgan fingerprint density at radius 3 is 2.40 bits per heavy atom. The molecule has 1 heterocycles. The third-order valence-corrected chi connectivity index (χ3v) is 6.05. The zero-order valence-electron chi connectivity index (χ0n) is 18.7. The van der Waals surface area contributed by atoms with Crippen LogP contribution in [0.25, 0.3) is 16.6 Å². The molecule has 0 unspecified atom stereocenters. The highest BCUT2D eigenvalue weighted by molar-refractivity contribution is 7.99. The summed E-state index contributed by atoms with van der Waals surface area (Å²) in [5.41, 5.74) is 0.884. The van der Waals surface area contributed by atoms with Gasteiger partial charge < -0.3 is 14.2 Å². The summed E-state index contributed by atoms with van der Waals surface area (Å²) >= 11 is 1.08. The van der Waals surface area contributed by atoms with Crippen LogP contribution in [0.3, 0.4) is 0 Å². The van der Waals surface area contributed by atoms with E-state index < -0.39 is 6.61 Å². The van der Waals surface area contributed by atoms with E-state index >= 15 is 0 Å². The first-order valence-corrected chi connectivity index (χ1v) is 11.3. The molecule has 0 spiro atoms. The predicted molar refractivity (Wildman–Crippen MR) is 129 cm³/mol. The number of alkyl halides is 2. The normalized spacial score (nSPS) is 11.0. The van der Waals surface area contributed by atoms with Gasteiger partial charge in [0.25, 0.3) is 5.56 Å². The van der Waals surface area contributed by atoms with Crippen molar-refractivity contribution >= 4 is 28.4 Å². The molecule has 0 radical (unpaired) electrons. The number of Topliss-reactive ketones (excluding diaryl/α,β-unsaturated/α-hetero) is 1. The quantitative estimate of drug-likeness (QED) is 0.183. The van der Waals surface area contributed by atoms with Gasteiger partial charge in [-0.05, 0) is 48.5 Å². The molecule has 0 aliphatic heterocycles. The number of halogens is 2. The van der Waals surface area contributed by atoms with Gasteiger partial charge in [0.1, 0.15) is 17.2 Å². The Labute approximate surface area is 203 Å². The first kappa shape index (κ1) is 24.2. The third-order valence-electron chi connectivity index (χ3n) is 5.11. The van der Waals surface area contributed by atoms with Gasteiger partial charge in [0.15, 0.2) is 10.9 Å². The molecule has 0 bridgehead atoms. The summed E-state index contributed by atoms with van der Waals surface area (Å²) in [6.07, 6.45) is 0. The molecule has 4 rings (SSSR count). The van der Waals surface area contributed by atoms with E-state index in [0.717, 1.165) is 11.8 Å². The summed E-state index contributed by atoms with van der Waals surface area (Å²) in [5.74, 6) is 0.620. The average molecular weight is 499 g/mol. The van der Waals surface area contributed by atoms with E-state index in [9.17, 15) is 18.4 Å². The van der Waals surface area contributed by atoms with Crippen molar-refractivity contribution in [1.29, 1.82) is 0 Å². The third kappa shape index (κ3) is 5.27. The Morgan fingerprint density at radius 2 is 1.71 bits per heavy atom. The molecule has 0 fully saturated rings. The standard InChI is InChI=1S/C25H20F2N2O5S/c1-32-17-11-12-19(22(13-17)33-2)21(30)14-35-25-28-20-6-4-3-5-18(20)23(31)29(25)15-7-9-16(10-8-15)34-24(26)27/h3-13,24H,14H2,1-2H3. The molecule has 0 aliphatic rings. The van der Waals surface area contributed by atoms with Crippen molar-refractivity contribution in [3.05, 3.63) is 82.6 Å².